The molecule has 5 heteroatoms. The Labute approximate surface area is 103 Å². The Kier molecular flexibility index (Phi) is 2.48. The van der Waals surface area contributed by atoms with E-state index < -0.39 is 0 Å². The highest BCUT2D eigenvalue weighted by Gasteiger charge is 2.24. The number of hydrogen-bond donors (Lipinski definition) is 1. The summed E-state index contributed by atoms with van der Waals surface area (Å²) in [6.45, 7) is 0. The van der Waals surface area contributed by atoms with Crippen molar-refractivity contribution >= 4 is 12.2 Å². The number of H-pyrrole nitrogens is 1. The fraction of sp³-hybridized carbons (Fsp3) is 0.250. The molecule has 1 aliphatic carbocycles. The first kappa shape index (κ1) is 10.5. The van der Waals surface area contributed by atoms with E-state index >= 15 is 0 Å². The number of rotatable bonds is 2. The Balaban J connectivity index is 2.07. The number of hydrogen-bond acceptors (Lipinski definition) is 3. The van der Waals surface area contributed by atoms with Gasteiger partial charge in [0, 0.05) is 5.69 Å². The summed E-state index contributed by atoms with van der Waals surface area (Å²) < 4.78 is 13.3. The number of nitrogens with zero attached hydrogens (tertiary/aromatic N) is 2. The molecule has 1 N–H and O–H groups in total. The molecular formula is C12H10FN3S. The lowest BCUT2D eigenvalue weighted by molar-refractivity contribution is 0.621. The monoisotopic (exact) mass is 247 g/mol. The van der Waals surface area contributed by atoms with Crippen LogP contribution in [0.4, 0.5) is 4.39 Å². The van der Waals surface area contributed by atoms with Gasteiger partial charge in [-0.2, -0.15) is 0 Å². The number of halogens is 1. The molecule has 17 heavy (non-hydrogen) atoms. The molecule has 1 fully saturated rings. The van der Waals surface area contributed by atoms with Crippen LogP contribution in [-0.2, 0) is 0 Å². The van der Waals surface area contributed by atoms with Gasteiger partial charge in [0.25, 0.3) is 0 Å². The van der Waals surface area contributed by atoms with Crippen molar-refractivity contribution in [1.82, 2.24) is 15.0 Å². The third kappa shape index (κ3) is 2.24. The summed E-state index contributed by atoms with van der Waals surface area (Å²) >= 11 is 5.13. The van der Waals surface area contributed by atoms with Crippen molar-refractivity contribution < 1.29 is 4.39 Å². The van der Waals surface area contributed by atoms with Gasteiger partial charge in [-0.25, -0.2) is 14.4 Å². The van der Waals surface area contributed by atoms with E-state index in [4.69, 9.17) is 12.2 Å². The summed E-state index contributed by atoms with van der Waals surface area (Å²) in [6.07, 6.45) is 3.55. The van der Waals surface area contributed by atoms with Crippen molar-refractivity contribution in [2.45, 2.75) is 18.8 Å². The average molecular weight is 247 g/mol. The molecule has 0 radical (unpaired) electrons. The van der Waals surface area contributed by atoms with Crippen LogP contribution in [0.5, 0.6) is 0 Å². The van der Waals surface area contributed by atoms with E-state index in [2.05, 4.69) is 15.0 Å². The molecule has 0 bridgehead atoms. The quantitative estimate of drug-likeness (QED) is 0.828. The third-order valence-corrected chi connectivity index (χ3v) is 2.96. The van der Waals surface area contributed by atoms with Crippen LogP contribution in [0.2, 0.25) is 0 Å². The Bertz CT molecular complexity index is 602. The second-order valence-electron chi connectivity index (χ2n) is 4.16. The molecule has 0 unspecified atom stereocenters. The standard InChI is InChI=1S/C12H10FN3S/c13-8-3-4-9(14-6-8)12-15-10(7-1-2-7)5-11(17)16-12/h3-7H,1-2H2,(H,15,16,17). The van der Waals surface area contributed by atoms with Crippen LogP contribution in [0.1, 0.15) is 24.5 Å². The fourth-order valence-electron chi connectivity index (χ4n) is 1.73. The summed E-state index contributed by atoms with van der Waals surface area (Å²) in [4.78, 5) is 11.4. The van der Waals surface area contributed by atoms with Gasteiger partial charge in [0.1, 0.15) is 16.2 Å². The van der Waals surface area contributed by atoms with Crippen molar-refractivity contribution in [3.63, 3.8) is 0 Å². The Hall–Kier alpha value is -1.62. The van der Waals surface area contributed by atoms with Gasteiger partial charge in [-0.15, -0.1) is 0 Å². The van der Waals surface area contributed by atoms with Crippen molar-refractivity contribution in [2.75, 3.05) is 0 Å². The maximum atomic E-state index is 12.8. The van der Waals surface area contributed by atoms with Gasteiger partial charge in [-0.1, -0.05) is 12.2 Å². The topological polar surface area (TPSA) is 41.6 Å². The molecule has 0 saturated heterocycles. The summed E-state index contributed by atoms with van der Waals surface area (Å²) in [5.74, 6) is 0.823. The number of aromatic amines is 1. The molecule has 1 saturated carbocycles. The summed E-state index contributed by atoms with van der Waals surface area (Å²) in [7, 11) is 0. The van der Waals surface area contributed by atoms with Crippen molar-refractivity contribution in [1.29, 1.82) is 0 Å². The van der Waals surface area contributed by atoms with Crippen LogP contribution in [0, 0.1) is 10.5 Å². The SMILES string of the molecule is Fc1ccc(-c2nc(=S)cc(C3CC3)[nH]2)nc1. The molecule has 0 atom stereocenters. The van der Waals surface area contributed by atoms with Crippen molar-refractivity contribution in [2.24, 2.45) is 0 Å². The third-order valence-electron chi connectivity index (χ3n) is 2.75. The van der Waals surface area contributed by atoms with E-state index in [-0.39, 0.29) is 5.82 Å². The smallest absolute Gasteiger partial charge is 0.157 e. The summed E-state index contributed by atoms with van der Waals surface area (Å²) in [6, 6.07) is 4.85. The Morgan fingerprint density at radius 3 is 2.82 bits per heavy atom. The van der Waals surface area contributed by atoms with E-state index in [1.54, 1.807) is 6.07 Å². The average Bonchev–Trinajstić information content (AvgIpc) is 3.13. The zero-order valence-corrected chi connectivity index (χ0v) is 9.80. The van der Waals surface area contributed by atoms with Gasteiger partial charge in [-0.3, -0.25) is 0 Å². The van der Waals surface area contributed by atoms with E-state index in [0.717, 1.165) is 5.69 Å². The number of aromatic nitrogens is 3. The molecule has 3 rings (SSSR count). The normalized spacial score (nSPS) is 14.9. The van der Waals surface area contributed by atoms with Crippen molar-refractivity contribution in [3.8, 4) is 11.5 Å². The van der Waals surface area contributed by atoms with Gasteiger partial charge < -0.3 is 4.98 Å². The summed E-state index contributed by atoms with van der Waals surface area (Å²) in [5.41, 5.74) is 1.71. The molecule has 0 spiro atoms. The fourth-order valence-corrected chi connectivity index (χ4v) is 1.95. The highest BCUT2D eigenvalue weighted by Crippen LogP contribution is 2.39. The number of nitrogens with one attached hydrogen (secondary N) is 1. The highest BCUT2D eigenvalue weighted by molar-refractivity contribution is 7.71. The minimum absolute atomic E-state index is 0.356. The second kappa shape index (κ2) is 4.00. The minimum Gasteiger partial charge on any atom is -0.342 e. The first-order valence-corrected chi connectivity index (χ1v) is 5.86. The minimum atomic E-state index is -0.356. The van der Waals surface area contributed by atoms with Crippen LogP contribution in [0.15, 0.2) is 24.4 Å². The van der Waals surface area contributed by atoms with Gasteiger partial charge in [0.15, 0.2) is 5.82 Å². The van der Waals surface area contributed by atoms with Crippen LogP contribution < -0.4 is 0 Å². The lowest BCUT2D eigenvalue weighted by Crippen LogP contribution is -1.96. The van der Waals surface area contributed by atoms with E-state index in [1.807, 2.05) is 6.07 Å². The molecule has 2 aromatic rings. The predicted molar refractivity (Wildman–Crippen MR) is 64.6 cm³/mol. The van der Waals surface area contributed by atoms with Crippen LogP contribution in [0.3, 0.4) is 0 Å². The van der Waals surface area contributed by atoms with E-state index in [0.29, 0.717) is 22.1 Å². The largest absolute Gasteiger partial charge is 0.342 e. The molecule has 0 aliphatic heterocycles. The molecule has 0 amide bonds. The predicted octanol–water partition coefficient (Wildman–Crippen LogP) is 3.22. The summed E-state index contributed by atoms with van der Waals surface area (Å²) in [5, 5.41) is 0. The zero-order chi connectivity index (χ0) is 11.8. The van der Waals surface area contributed by atoms with Gasteiger partial charge in [-0.05, 0) is 37.0 Å². The highest BCUT2D eigenvalue weighted by atomic mass is 32.1. The maximum absolute atomic E-state index is 12.8. The van der Waals surface area contributed by atoms with Crippen LogP contribution in [0.25, 0.3) is 11.5 Å². The van der Waals surface area contributed by atoms with Gasteiger partial charge >= 0.3 is 0 Å². The Morgan fingerprint density at radius 2 is 2.18 bits per heavy atom. The zero-order valence-electron chi connectivity index (χ0n) is 8.98. The molecule has 0 aromatic carbocycles. The van der Waals surface area contributed by atoms with Crippen LogP contribution >= 0.6 is 12.2 Å². The molecule has 1 aliphatic rings. The van der Waals surface area contributed by atoms with Gasteiger partial charge in [0.05, 0.1) is 6.20 Å². The molecule has 2 heterocycles. The molecule has 2 aromatic heterocycles. The van der Waals surface area contributed by atoms with Crippen molar-refractivity contribution in [3.05, 3.63) is 40.5 Å². The second-order valence-corrected chi connectivity index (χ2v) is 4.58. The van der Waals surface area contributed by atoms with Gasteiger partial charge in [0.2, 0.25) is 0 Å². The first-order valence-electron chi connectivity index (χ1n) is 5.45. The molecule has 86 valence electrons. The lowest BCUT2D eigenvalue weighted by Gasteiger charge is -2.04. The maximum Gasteiger partial charge on any atom is 0.157 e. The van der Waals surface area contributed by atoms with Crippen LogP contribution in [-0.4, -0.2) is 15.0 Å². The van der Waals surface area contributed by atoms with E-state index in [9.17, 15) is 4.39 Å². The molecule has 3 nitrogen and oxygen atoms in total. The first-order chi connectivity index (χ1) is 8.22. The molecular weight excluding hydrogens is 237 g/mol. The van der Waals surface area contributed by atoms with E-state index in [1.165, 1.54) is 25.1 Å². The number of pyridine rings is 1. The lowest BCUT2D eigenvalue weighted by atomic mass is 10.2. The Morgan fingerprint density at radius 1 is 1.35 bits per heavy atom.